The lowest BCUT2D eigenvalue weighted by Gasteiger charge is -2.19. The van der Waals surface area contributed by atoms with Crippen LogP contribution in [0, 0.1) is 0 Å². The third kappa shape index (κ3) is 5.11. The first-order chi connectivity index (χ1) is 16.9. The summed E-state index contributed by atoms with van der Waals surface area (Å²) in [6.45, 7) is 0.161. The molecule has 5 aromatic rings. The van der Waals surface area contributed by atoms with Crippen LogP contribution in [-0.4, -0.2) is 25.6 Å². The summed E-state index contributed by atoms with van der Waals surface area (Å²) in [5.74, 6) is 1.49. The van der Waals surface area contributed by atoms with Crippen molar-refractivity contribution in [2.75, 3.05) is 11.2 Å². The highest BCUT2D eigenvalue weighted by Crippen LogP contribution is 2.33. The number of furan rings is 1. The van der Waals surface area contributed by atoms with Gasteiger partial charge >= 0.3 is 0 Å². The van der Waals surface area contributed by atoms with Crippen LogP contribution in [0.25, 0.3) is 10.2 Å². The number of sulfone groups is 1. The molecule has 3 aromatic carbocycles. The summed E-state index contributed by atoms with van der Waals surface area (Å²) >= 11 is 1.24. The minimum absolute atomic E-state index is 0.161. The lowest BCUT2D eigenvalue weighted by atomic mass is 10.2. The zero-order chi connectivity index (χ0) is 24.4. The Bertz CT molecular complexity index is 1590. The summed E-state index contributed by atoms with van der Waals surface area (Å²) in [4.78, 5) is 20.0. The number of thiazole rings is 1. The van der Waals surface area contributed by atoms with Crippen molar-refractivity contribution in [3.8, 4) is 11.5 Å². The minimum Gasteiger partial charge on any atom is -0.467 e. The van der Waals surface area contributed by atoms with Crippen LogP contribution in [0.5, 0.6) is 11.5 Å². The number of hydrogen-bond acceptors (Lipinski definition) is 7. The standard InChI is InChI=1S/C26H20N2O5S2/c1-35(30,31)22-12-13-23-24(16-22)34-26(27-23)28(17-21-11-6-14-32-21)25(29)18-7-5-10-20(15-18)33-19-8-3-2-4-9-19/h2-16H,17H2,1H3. The molecule has 7 nitrogen and oxygen atoms in total. The number of fused-ring (bicyclic) bond motifs is 1. The van der Waals surface area contributed by atoms with Gasteiger partial charge in [-0.15, -0.1) is 0 Å². The molecule has 0 spiro atoms. The fraction of sp³-hybridized carbons (Fsp3) is 0.0769. The van der Waals surface area contributed by atoms with E-state index < -0.39 is 9.84 Å². The maximum Gasteiger partial charge on any atom is 0.260 e. The normalized spacial score (nSPS) is 11.5. The summed E-state index contributed by atoms with van der Waals surface area (Å²) in [6, 6.07) is 24.5. The molecule has 2 heterocycles. The number of carbonyl (C=O) groups excluding carboxylic acids is 1. The van der Waals surface area contributed by atoms with Crippen molar-refractivity contribution < 1.29 is 22.4 Å². The maximum absolute atomic E-state index is 13.7. The minimum atomic E-state index is -3.37. The number of para-hydroxylation sites is 1. The second kappa shape index (κ2) is 9.36. The molecule has 2 aromatic heterocycles. The van der Waals surface area contributed by atoms with E-state index in [1.54, 1.807) is 54.8 Å². The van der Waals surface area contributed by atoms with E-state index in [1.165, 1.54) is 22.3 Å². The van der Waals surface area contributed by atoms with Crippen LogP contribution in [0.3, 0.4) is 0 Å². The highest BCUT2D eigenvalue weighted by Gasteiger charge is 2.24. The molecule has 0 saturated heterocycles. The van der Waals surface area contributed by atoms with E-state index >= 15 is 0 Å². The van der Waals surface area contributed by atoms with Crippen LogP contribution in [0.2, 0.25) is 0 Å². The van der Waals surface area contributed by atoms with E-state index in [2.05, 4.69) is 4.98 Å². The van der Waals surface area contributed by atoms with E-state index in [0.717, 1.165) is 6.26 Å². The predicted octanol–water partition coefficient (Wildman–Crippen LogP) is 5.93. The number of carbonyl (C=O) groups is 1. The average Bonchev–Trinajstić information content (AvgIpc) is 3.51. The van der Waals surface area contributed by atoms with Crippen LogP contribution in [0.15, 0.2) is 101 Å². The second-order valence-corrected chi connectivity index (χ2v) is 10.8. The molecule has 0 saturated carbocycles. The Labute approximate surface area is 206 Å². The number of rotatable bonds is 7. The highest BCUT2D eigenvalue weighted by molar-refractivity contribution is 7.90. The topological polar surface area (TPSA) is 89.7 Å². The molecule has 0 aliphatic rings. The Hall–Kier alpha value is -3.95. The van der Waals surface area contributed by atoms with E-state index in [0.29, 0.717) is 38.2 Å². The molecule has 0 bridgehead atoms. The summed E-state index contributed by atoms with van der Waals surface area (Å²) in [5.41, 5.74) is 1.02. The number of hydrogen-bond donors (Lipinski definition) is 0. The molecule has 5 rings (SSSR count). The smallest absolute Gasteiger partial charge is 0.260 e. The third-order valence-electron chi connectivity index (χ3n) is 5.21. The number of nitrogens with zero attached hydrogens (tertiary/aromatic N) is 2. The van der Waals surface area contributed by atoms with E-state index in [-0.39, 0.29) is 17.3 Å². The molecule has 0 fully saturated rings. The van der Waals surface area contributed by atoms with Gasteiger partial charge < -0.3 is 9.15 Å². The first kappa shape index (κ1) is 22.8. The first-order valence-electron chi connectivity index (χ1n) is 10.6. The van der Waals surface area contributed by atoms with Gasteiger partial charge in [0.1, 0.15) is 17.3 Å². The molecule has 0 unspecified atom stereocenters. The van der Waals surface area contributed by atoms with Crippen molar-refractivity contribution in [1.82, 2.24) is 4.98 Å². The van der Waals surface area contributed by atoms with Crippen molar-refractivity contribution in [3.63, 3.8) is 0 Å². The molecule has 0 atom stereocenters. The number of aromatic nitrogens is 1. The number of ether oxygens (including phenoxy) is 1. The number of benzene rings is 3. The van der Waals surface area contributed by atoms with Crippen molar-refractivity contribution in [3.05, 3.63) is 103 Å². The van der Waals surface area contributed by atoms with E-state index in [4.69, 9.17) is 9.15 Å². The maximum atomic E-state index is 13.7. The summed E-state index contributed by atoms with van der Waals surface area (Å²) < 4.78 is 36.0. The largest absolute Gasteiger partial charge is 0.467 e. The molecule has 176 valence electrons. The van der Waals surface area contributed by atoms with Gasteiger partial charge in [-0.2, -0.15) is 0 Å². The molecule has 0 radical (unpaired) electrons. The quantitative estimate of drug-likeness (QED) is 0.273. The van der Waals surface area contributed by atoms with Crippen molar-refractivity contribution >= 4 is 42.4 Å². The van der Waals surface area contributed by atoms with Crippen LogP contribution < -0.4 is 9.64 Å². The van der Waals surface area contributed by atoms with Gasteiger partial charge in [0, 0.05) is 11.8 Å². The first-order valence-corrected chi connectivity index (χ1v) is 13.4. The van der Waals surface area contributed by atoms with Crippen molar-refractivity contribution in [2.24, 2.45) is 0 Å². The van der Waals surface area contributed by atoms with Crippen molar-refractivity contribution in [1.29, 1.82) is 0 Å². The lowest BCUT2D eigenvalue weighted by Crippen LogP contribution is -2.30. The van der Waals surface area contributed by atoms with Gasteiger partial charge in [-0.25, -0.2) is 13.4 Å². The van der Waals surface area contributed by atoms with Gasteiger partial charge in [0.05, 0.1) is 27.9 Å². The Balaban J connectivity index is 1.51. The van der Waals surface area contributed by atoms with Gasteiger partial charge in [0.2, 0.25) is 0 Å². The van der Waals surface area contributed by atoms with Crippen LogP contribution >= 0.6 is 11.3 Å². The molecular weight excluding hydrogens is 484 g/mol. The summed E-state index contributed by atoms with van der Waals surface area (Å²) in [7, 11) is -3.37. The van der Waals surface area contributed by atoms with Gasteiger partial charge in [0.15, 0.2) is 15.0 Å². The Morgan fingerprint density at radius 3 is 2.51 bits per heavy atom. The SMILES string of the molecule is CS(=O)(=O)c1ccc2nc(N(Cc3ccco3)C(=O)c3cccc(Oc4ccccc4)c3)sc2c1. The highest BCUT2D eigenvalue weighted by atomic mass is 32.2. The average molecular weight is 505 g/mol. The zero-order valence-corrected chi connectivity index (χ0v) is 20.3. The molecule has 0 aliphatic carbocycles. The monoisotopic (exact) mass is 504 g/mol. The van der Waals surface area contributed by atoms with Gasteiger partial charge in [-0.1, -0.05) is 35.6 Å². The molecule has 0 aliphatic heterocycles. The molecule has 9 heteroatoms. The lowest BCUT2D eigenvalue weighted by molar-refractivity contribution is 0.0983. The van der Waals surface area contributed by atoms with E-state index in [9.17, 15) is 13.2 Å². The van der Waals surface area contributed by atoms with E-state index in [1.807, 2.05) is 30.3 Å². The molecule has 35 heavy (non-hydrogen) atoms. The third-order valence-corrected chi connectivity index (χ3v) is 7.36. The summed E-state index contributed by atoms with van der Waals surface area (Å²) in [6.07, 6.45) is 2.70. The molecule has 0 N–H and O–H groups in total. The fourth-order valence-electron chi connectivity index (χ4n) is 3.50. The molecular formula is C26H20N2O5S2. The number of anilines is 1. The van der Waals surface area contributed by atoms with Crippen LogP contribution in [-0.2, 0) is 16.4 Å². The second-order valence-electron chi connectivity index (χ2n) is 7.81. The Morgan fingerprint density at radius 2 is 1.77 bits per heavy atom. The van der Waals surface area contributed by atoms with Crippen molar-refractivity contribution in [2.45, 2.75) is 11.4 Å². The summed E-state index contributed by atoms with van der Waals surface area (Å²) in [5, 5.41) is 0.432. The van der Waals surface area contributed by atoms with Gasteiger partial charge in [-0.3, -0.25) is 9.69 Å². The Morgan fingerprint density at radius 1 is 0.971 bits per heavy atom. The van der Waals surface area contributed by atoms with Crippen LogP contribution in [0.1, 0.15) is 16.1 Å². The van der Waals surface area contributed by atoms with Crippen LogP contribution in [0.4, 0.5) is 5.13 Å². The molecule has 1 amide bonds. The fourth-order valence-corrected chi connectivity index (χ4v) is 5.22. The number of amides is 1. The van der Waals surface area contributed by atoms with Gasteiger partial charge in [-0.05, 0) is 60.7 Å². The zero-order valence-electron chi connectivity index (χ0n) is 18.6. The predicted molar refractivity (Wildman–Crippen MR) is 135 cm³/mol. The van der Waals surface area contributed by atoms with Gasteiger partial charge in [0.25, 0.3) is 5.91 Å². The Kier molecular flexibility index (Phi) is 6.10.